The zero-order valence-electron chi connectivity index (χ0n) is 11.1. The minimum Gasteiger partial charge on any atom is -0.365 e. The fraction of sp³-hybridized carbons (Fsp3) is 0.400. The van der Waals surface area contributed by atoms with Crippen LogP contribution in [0.4, 0.5) is 5.69 Å². The maximum atomic E-state index is 5.56. The number of hydrogen-bond donors (Lipinski definition) is 1. The van der Waals surface area contributed by atoms with Crippen molar-refractivity contribution in [3.8, 4) is 0 Å². The Morgan fingerprint density at radius 3 is 3.05 bits per heavy atom. The van der Waals surface area contributed by atoms with E-state index in [2.05, 4.69) is 44.9 Å². The van der Waals surface area contributed by atoms with Crippen LogP contribution in [-0.4, -0.2) is 22.6 Å². The summed E-state index contributed by atoms with van der Waals surface area (Å²) in [6, 6.07) is 8.68. The van der Waals surface area contributed by atoms with E-state index in [-0.39, 0.29) is 0 Å². The Bertz CT molecular complexity index is 547. The molecular formula is C15H20N4. The third-order valence-corrected chi connectivity index (χ3v) is 3.63. The first kappa shape index (κ1) is 12.2. The molecule has 1 aliphatic rings. The first-order chi connectivity index (χ1) is 9.36. The minimum atomic E-state index is 0.655. The van der Waals surface area contributed by atoms with E-state index < -0.39 is 0 Å². The van der Waals surface area contributed by atoms with Crippen LogP contribution in [0.2, 0.25) is 0 Å². The number of anilines is 1. The molecule has 0 saturated heterocycles. The summed E-state index contributed by atoms with van der Waals surface area (Å²) in [6.45, 7) is 3.49. The Balaban J connectivity index is 1.76. The monoisotopic (exact) mass is 256 g/mol. The summed E-state index contributed by atoms with van der Waals surface area (Å²) >= 11 is 0. The van der Waals surface area contributed by atoms with E-state index in [9.17, 15) is 0 Å². The summed E-state index contributed by atoms with van der Waals surface area (Å²) in [6.07, 6.45) is 6.39. The molecule has 100 valence electrons. The molecule has 3 rings (SSSR count). The summed E-state index contributed by atoms with van der Waals surface area (Å²) in [5, 5.41) is 0. The maximum absolute atomic E-state index is 5.56. The third kappa shape index (κ3) is 2.63. The predicted molar refractivity (Wildman–Crippen MR) is 77.1 cm³/mol. The minimum absolute atomic E-state index is 0.655. The smallest absolute Gasteiger partial charge is 0.0950 e. The van der Waals surface area contributed by atoms with Crippen molar-refractivity contribution in [2.24, 2.45) is 5.73 Å². The number of benzene rings is 1. The van der Waals surface area contributed by atoms with Gasteiger partial charge in [-0.1, -0.05) is 18.2 Å². The molecule has 2 N–H and O–H groups in total. The lowest BCUT2D eigenvalue weighted by atomic mass is 10.0. The van der Waals surface area contributed by atoms with Gasteiger partial charge in [-0.3, -0.25) is 0 Å². The summed E-state index contributed by atoms with van der Waals surface area (Å²) in [4.78, 5) is 6.89. The molecule has 0 aliphatic carbocycles. The normalized spacial score (nSPS) is 14.5. The summed E-state index contributed by atoms with van der Waals surface area (Å²) in [7, 11) is 0. The zero-order valence-corrected chi connectivity index (χ0v) is 11.1. The van der Waals surface area contributed by atoms with Gasteiger partial charge in [-0.05, 0) is 24.5 Å². The van der Waals surface area contributed by atoms with Crippen LogP contribution in [0.15, 0.2) is 36.8 Å². The topological polar surface area (TPSA) is 47.1 Å². The highest BCUT2D eigenvalue weighted by molar-refractivity contribution is 5.55. The van der Waals surface area contributed by atoms with E-state index in [1.165, 1.54) is 24.1 Å². The lowest BCUT2D eigenvalue weighted by molar-refractivity contribution is 0.682. The Labute approximate surface area is 113 Å². The van der Waals surface area contributed by atoms with Crippen molar-refractivity contribution < 1.29 is 0 Å². The van der Waals surface area contributed by atoms with Crippen LogP contribution in [0, 0.1) is 0 Å². The first-order valence-electron chi connectivity index (χ1n) is 6.90. The number of aromatic nitrogens is 2. The molecule has 2 heterocycles. The highest BCUT2D eigenvalue weighted by Gasteiger charge is 2.16. The molecule has 1 aromatic heterocycles. The molecule has 19 heavy (non-hydrogen) atoms. The molecule has 0 amide bonds. The standard InChI is InChI=1S/C15H20N4/c16-7-9-18-10-14(17-12-18)11-19-8-3-5-13-4-1-2-6-15(13)19/h1-2,4,6,10,12H,3,5,7-9,11,16H2. The number of fused-ring (bicyclic) bond motifs is 1. The van der Waals surface area contributed by atoms with Gasteiger partial charge in [-0.15, -0.1) is 0 Å². The molecule has 0 unspecified atom stereocenters. The molecule has 0 fully saturated rings. The van der Waals surface area contributed by atoms with Crippen LogP contribution in [0.3, 0.4) is 0 Å². The number of para-hydroxylation sites is 1. The average molecular weight is 256 g/mol. The lowest BCUT2D eigenvalue weighted by Crippen LogP contribution is -2.28. The van der Waals surface area contributed by atoms with E-state index in [4.69, 9.17) is 5.73 Å². The SMILES string of the molecule is NCCn1cnc(CN2CCCc3ccccc32)c1. The molecule has 0 spiro atoms. The van der Waals surface area contributed by atoms with Gasteiger partial charge < -0.3 is 15.2 Å². The molecule has 0 atom stereocenters. The van der Waals surface area contributed by atoms with E-state index in [1.807, 2.05) is 6.33 Å². The van der Waals surface area contributed by atoms with Crippen molar-refractivity contribution in [3.63, 3.8) is 0 Å². The molecule has 4 heteroatoms. The van der Waals surface area contributed by atoms with Crippen LogP contribution in [0.5, 0.6) is 0 Å². The molecule has 0 radical (unpaired) electrons. The Morgan fingerprint density at radius 2 is 2.16 bits per heavy atom. The van der Waals surface area contributed by atoms with E-state index >= 15 is 0 Å². The van der Waals surface area contributed by atoms with Crippen LogP contribution >= 0.6 is 0 Å². The van der Waals surface area contributed by atoms with Gasteiger partial charge in [0.25, 0.3) is 0 Å². The zero-order chi connectivity index (χ0) is 13.1. The van der Waals surface area contributed by atoms with Crippen molar-refractivity contribution in [1.82, 2.24) is 9.55 Å². The lowest BCUT2D eigenvalue weighted by Gasteiger charge is -2.30. The van der Waals surface area contributed by atoms with Crippen molar-refractivity contribution in [3.05, 3.63) is 48.0 Å². The molecule has 1 aliphatic heterocycles. The number of nitrogens with two attached hydrogens (primary N) is 1. The third-order valence-electron chi connectivity index (χ3n) is 3.63. The Morgan fingerprint density at radius 1 is 1.26 bits per heavy atom. The number of nitrogens with zero attached hydrogens (tertiary/aromatic N) is 3. The fourth-order valence-electron chi connectivity index (χ4n) is 2.73. The van der Waals surface area contributed by atoms with Gasteiger partial charge in [0.1, 0.15) is 0 Å². The molecule has 0 saturated carbocycles. The molecule has 0 bridgehead atoms. The van der Waals surface area contributed by atoms with Crippen LogP contribution < -0.4 is 10.6 Å². The number of aryl methyl sites for hydroxylation is 1. The highest BCUT2D eigenvalue weighted by atomic mass is 15.2. The maximum Gasteiger partial charge on any atom is 0.0950 e. The van der Waals surface area contributed by atoms with Gasteiger partial charge in [0.2, 0.25) is 0 Å². The summed E-state index contributed by atoms with van der Waals surface area (Å²) in [5.74, 6) is 0. The average Bonchev–Trinajstić information content (AvgIpc) is 2.87. The van der Waals surface area contributed by atoms with Crippen LogP contribution in [-0.2, 0) is 19.5 Å². The number of rotatable bonds is 4. The molecule has 2 aromatic rings. The van der Waals surface area contributed by atoms with E-state index in [0.717, 1.165) is 25.3 Å². The summed E-state index contributed by atoms with van der Waals surface area (Å²) < 4.78 is 2.06. The number of hydrogen-bond acceptors (Lipinski definition) is 3. The fourth-order valence-corrected chi connectivity index (χ4v) is 2.73. The van der Waals surface area contributed by atoms with Gasteiger partial charge >= 0.3 is 0 Å². The molecule has 1 aromatic carbocycles. The van der Waals surface area contributed by atoms with Crippen molar-refractivity contribution >= 4 is 5.69 Å². The van der Waals surface area contributed by atoms with E-state index in [1.54, 1.807) is 0 Å². The van der Waals surface area contributed by atoms with Gasteiger partial charge in [0.15, 0.2) is 0 Å². The largest absolute Gasteiger partial charge is 0.365 e. The highest BCUT2D eigenvalue weighted by Crippen LogP contribution is 2.27. The molecule has 4 nitrogen and oxygen atoms in total. The molecular weight excluding hydrogens is 236 g/mol. The second kappa shape index (κ2) is 5.45. The van der Waals surface area contributed by atoms with E-state index in [0.29, 0.717) is 6.54 Å². The van der Waals surface area contributed by atoms with Gasteiger partial charge in [-0.25, -0.2) is 4.98 Å². The second-order valence-corrected chi connectivity index (χ2v) is 5.05. The van der Waals surface area contributed by atoms with Crippen molar-refractivity contribution in [1.29, 1.82) is 0 Å². The van der Waals surface area contributed by atoms with Gasteiger partial charge in [0, 0.05) is 31.5 Å². The van der Waals surface area contributed by atoms with Crippen LogP contribution in [0.25, 0.3) is 0 Å². The summed E-state index contributed by atoms with van der Waals surface area (Å²) in [5.41, 5.74) is 9.49. The van der Waals surface area contributed by atoms with Crippen molar-refractivity contribution in [2.75, 3.05) is 18.0 Å². The second-order valence-electron chi connectivity index (χ2n) is 5.05. The first-order valence-corrected chi connectivity index (χ1v) is 6.90. The van der Waals surface area contributed by atoms with Gasteiger partial charge in [0.05, 0.1) is 18.6 Å². The Kier molecular flexibility index (Phi) is 3.51. The van der Waals surface area contributed by atoms with Gasteiger partial charge in [-0.2, -0.15) is 0 Å². The quantitative estimate of drug-likeness (QED) is 0.907. The Hall–Kier alpha value is -1.81. The van der Waals surface area contributed by atoms with Crippen LogP contribution in [0.1, 0.15) is 17.7 Å². The number of imidazole rings is 1. The van der Waals surface area contributed by atoms with Crippen molar-refractivity contribution in [2.45, 2.75) is 25.9 Å². The predicted octanol–water partition coefficient (Wildman–Crippen LogP) is 1.79.